The summed E-state index contributed by atoms with van der Waals surface area (Å²) < 4.78 is 52.3. The van der Waals surface area contributed by atoms with Gasteiger partial charge in [-0.15, -0.1) is 0 Å². The fraction of sp³-hybridized carbons (Fsp3) is 0.333. The van der Waals surface area contributed by atoms with Crippen LogP contribution in [-0.4, -0.2) is 18.4 Å². The molecule has 0 unspecified atom stereocenters. The first-order valence-corrected chi connectivity index (χ1v) is 6.24. The van der Waals surface area contributed by atoms with Crippen molar-refractivity contribution in [3.63, 3.8) is 0 Å². The van der Waals surface area contributed by atoms with Crippen LogP contribution in [0.2, 0.25) is 0 Å². The molecule has 0 fully saturated rings. The topological polar surface area (TPSA) is 12.0 Å². The van der Waals surface area contributed by atoms with Gasteiger partial charge in [0.25, 0.3) is 11.8 Å². The average molecular weight is 285 g/mol. The number of hydrogen-bond donors (Lipinski definition) is 1. The maximum absolute atomic E-state index is 13.5. The van der Waals surface area contributed by atoms with E-state index in [-0.39, 0.29) is 0 Å². The molecule has 0 aromatic heterocycles. The van der Waals surface area contributed by atoms with Crippen molar-refractivity contribution in [1.29, 1.82) is 0 Å². The van der Waals surface area contributed by atoms with E-state index in [1.807, 2.05) is 18.2 Å². The van der Waals surface area contributed by atoms with Crippen LogP contribution in [0.5, 0.6) is 0 Å². The van der Waals surface area contributed by atoms with Crippen molar-refractivity contribution in [3.05, 3.63) is 42.5 Å². The molecule has 0 saturated carbocycles. The molecular formula is C15H15F4N. The average Bonchev–Trinajstić information content (AvgIpc) is 2.33. The van der Waals surface area contributed by atoms with Gasteiger partial charge in [0.05, 0.1) is 13.0 Å². The van der Waals surface area contributed by atoms with Crippen molar-refractivity contribution in [2.75, 3.05) is 11.9 Å². The Morgan fingerprint density at radius 3 is 2.30 bits per heavy atom. The summed E-state index contributed by atoms with van der Waals surface area (Å²) in [6, 6.07) is 12.5. The Morgan fingerprint density at radius 1 is 0.950 bits per heavy atom. The minimum absolute atomic E-state index is 0.499. The van der Waals surface area contributed by atoms with E-state index in [4.69, 9.17) is 0 Å². The third-order valence-corrected chi connectivity index (χ3v) is 2.90. The van der Waals surface area contributed by atoms with Gasteiger partial charge in [-0.1, -0.05) is 36.4 Å². The smallest absolute Gasteiger partial charge is 0.270 e. The lowest BCUT2D eigenvalue weighted by atomic mass is 10.1. The van der Waals surface area contributed by atoms with Crippen LogP contribution in [0.3, 0.4) is 0 Å². The van der Waals surface area contributed by atoms with Crippen LogP contribution < -0.4 is 5.32 Å². The van der Waals surface area contributed by atoms with Gasteiger partial charge in [-0.25, -0.2) is 17.6 Å². The molecule has 0 spiro atoms. The SMILES string of the molecule is CC(F)(F)CC(F)(F)CNc1cccc2ccccc12. The standard InChI is InChI=1S/C15H15F4N/c1-14(16,17)9-15(18,19)10-20-13-8-4-6-11-5-2-3-7-12(11)13/h2-8,20H,9-10H2,1H3. The van der Waals surface area contributed by atoms with Crippen LogP contribution in [0.15, 0.2) is 42.5 Å². The zero-order chi connectivity index (χ0) is 14.8. The van der Waals surface area contributed by atoms with E-state index in [1.165, 1.54) is 0 Å². The first-order chi connectivity index (χ1) is 9.27. The first-order valence-electron chi connectivity index (χ1n) is 6.24. The number of nitrogens with one attached hydrogen (secondary N) is 1. The Morgan fingerprint density at radius 2 is 1.60 bits per heavy atom. The van der Waals surface area contributed by atoms with Gasteiger partial charge in [-0.05, 0) is 18.4 Å². The number of hydrogen-bond acceptors (Lipinski definition) is 1. The third kappa shape index (κ3) is 3.85. The van der Waals surface area contributed by atoms with E-state index in [9.17, 15) is 17.6 Å². The van der Waals surface area contributed by atoms with E-state index >= 15 is 0 Å². The number of anilines is 1. The molecule has 2 rings (SSSR count). The lowest BCUT2D eigenvalue weighted by Gasteiger charge is -2.21. The second kappa shape index (κ2) is 5.31. The van der Waals surface area contributed by atoms with Gasteiger partial charge in [0.1, 0.15) is 0 Å². The summed E-state index contributed by atoms with van der Waals surface area (Å²) in [5.41, 5.74) is 0.516. The summed E-state index contributed by atoms with van der Waals surface area (Å²) in [6.07, 6.45) is -1.46. The predicted octanol–water partition coefficient (Wildman–Crippen LogP) is 4.93. The van der Waals surface area contributed by atoms with Crippen molar-refractivity contribution in [2.45, 2.75) is 25.2 Å². The summed E-state index contributed by atoms with van der Waals surface area (Å²) in [4.78, 5) is 0. The van der Waals surface area contributed by atoms with Crippen molar-refractivity contribution in [2.24, 2.45) is 0 Å². The van der Waals surface area contributed by atoms with Crippen LogP contribution in [0.4, 0.5) is 23.2 Å². The molecule has 2 aromatic carbocycles. The molecule has 108 valence electrons. The van der Waals surface area contributed by atoms with Crippen molar-refractivity contribution in [3.8, 4) is 0 Å². The molecule has 0 bridgehead atoms. The molecule has 0 atom stereocenters. The van der Waals surface area contributed by atoms with Gasteiger partial charge in [0.2, 0.25) is 0 Å². The second-order valence-electron chi connectivity index (χ2n) is 4.98. The van der Waals surface area contributed by atoms with Gasteiger partial charge < -0.3 is 5.32 Å². The predicted molar refractivity (Wildman–Crippen MR) is 72.6 cm³/mol. The lowest BCUT2D eigenvalue weighted by molar-refractivity contribution is -0.0924. The molecule has 20 heavy (non-hydrogen) atoms. The summed E-state index contributed by atoms with van der Waals surface area (Å²) in [5.74, 6) is -6.85. The molecule has 0 saturated heterocycles. The number of fused-ring (bicyclic) bond motifs is 1. The largest absolute Gasteiger partial charge is 0.378 e. The first kappa shape index (κ1) is 14.6. The molecule has 0 aliphatic heterocycles. The number of alkyl halides is 4. The Bertz CT molecular complexity index is 584. The fourth-order valence-corrected chi connectivity index (χ4v) is 2.12. The third-order valence-electron chi connectivity index (χ3n) is 2.90. The maximum Gasteiger partial charge on any atom is 0.270 e. The minimum Gasteiger partial charge on any atom is -0.378 e. The van der Waals surface area contributed by atoms with E-state index in [1.54, 1.807) is 24.3 Å². The molecule has 2 aromatic rings. The highest BCUT2D eigenvalue weighted by atomic mass is 19.3. The lowest BCUT2D eigenvalue weighted by Crippen LogP contribution is -2.33. The number of halogens is 4. The molecule has 0 heterocycles. The van der Waals surface area contributed by atoms with Crippen LogP contribution in [0, 0.1) is 0 Å². The van der Waals surface area contributed by atoms with Crippen molar-refractivity contribution < 1.29 is 17.6 Å². The van der Waals surface area contributed by atoms with E-state index < -0.39 is 24.8 Å². The Kier molecular flexibility index (Phi) is 3.88. The van der Waals surface area contributed by atoms with Crippen LogP contribution in [0.25, 0.3) is 10.8 Å². The van der Waals surface area contributed by atoms with Crippen molar-refractivity contribution >= 4 is 16.5 Å². The van der Waals surface area contributed by atoms with Gasteiger partial charge in [0, 0.05) is 11.1 Å². The van der Waals surface area contributed by atoms with Gasteiger partial charge in [0.15, 0.2) is 0 Å². The van der Waals surface area contributed by atoms with Gasteiger partial charge in [-0.2, -0.15) is 0 Å². The van der Waals surface area contributed by atoms with E-state index in [2.05, 4.69) is 5.32 Å². The zero-order valence-electron chi connectivity index (χ0n) is 11.0. The zero-order valence-corrected chi connectivity index (χ0v) is 11.0. The van der Waals surface area contributed by atoms with Gasteiger partial charge >= 0.3 is 0 Å². The van der Waals surface area contributed by atoms with E-state index in [0.717, 1.165) is 10.8 Å². The highest BCUT2D eigenvalue weighted by molar-refractivity contribution is 5.93. The number of rotatable bonds is 5. The maximum atomic E-state index is 13.5. The molecule has 0 aliphatic carbocycles. The Hall–Kier alpha value is -1.78. The molecule has 0 amide bonds. The highest BCUT2D eigenvalue weighted by Gasteiger charge is 2.39. The van der Waals surface area contributed by atoms with Gasteiger partial charge in [-0.3, -0.25) is 0 Å². The normalized spacial score (nSPS) is 12.7. The molecule has 0 aliphatic rings. The summed E-state index contributed by atoms with van der Waals surface area (Å²) in [6.45, 7) is -0.316. The van der Waals surface area contributed by atoms with Crippen LogP contribution >= 0.6 is 0 Å². The fourth-order valence-electron chi connectivity index (χ4n) is 2.12. The molecule has 1 nitrogen and oxygen atoms in total. The Labute approximate surface area is 114 Å². The highest BCUT2D eigenvalue weighted by Crippen LogP contribution is 2.31. The summed E-state index contributed by atoms with van der Waals surface area (Å²) >= 11 is 0. The quantitative estimate of drug-likeness (QED) is 0.768. The molecule has 5 heteroatoms. The van der Waals surface area contributed by atoms with Crippen molar-refractivity contribution in [1.82, 2.24) is 0 Å². The molecule has 0 radical (unpaired) electrons. The monoisotopic (exact) mass is 285 g/mol. The van der Waals surface area contributed by atoms with E-state index in [0.29, 0.717) is 12.6 Å². The Balaban J connectivity index is 2.13. The second-order valence-corrected chi connectivity index (χ2v) is 4.98. The molecule has 1 N–H and O–H groups in total. The minimum atomic E-state index is -3.46. The molecular weight excluding hydrogens is 270 g/mol. The summed E-state index contributed by atoms with van der Waals surface area (Å²) in [7, 11) is 0. The summed E-state index contributed by atoms with van der Waals surface area (Å²) in [5, 5.41) is 4.26. The van der Waals surface area contributed by atoms with Crippen LogP contribution in [0.1, 0.15) is 13.3 Å². The van der Waals surface area contributed by atoms with Crippen LogP contribution in [-0.2, 0) is 0 Å². The number of benzene rings is 2.